The average Bonchev–Trinajstić information content (AvgIpc) is 2.04. The van der Waals surface area contributed by atoms with Crippen LogP contribution in [0.2, 0.25) is 0 Å². The second kappa shape index (κ2) is 5.62. The topological polar surface area (TPSA) is 46.3 Å². The predicted octanol–water partition coefficient (Wildman–Crippen LogP) is 1.50. The van der Waals surface area contributed by atoms with Gasteiger partial charge in [-0.15, -0.1) is 0 Å². The summed E-state index contributed by atoms with van der Waals surface area (Å²) >= 11 is 0. The fourth-order valence-electron chi connectivity index (χ4n) is 1.23. The standard InChI is InChI=1S/C10H20N2O/c1-5-6-7-9(12(3)4)8(2)10(11)13/h5-7H2,1-4H3,(H2,11,13). The van der Waals surface area contributed by atoms with E-state index >= 15 is 0 Å². The first-order valence-electron chi connectivity index (χ1n) is 4.67. The third-order valence-electron chi connectivity index (χ3n) is 2.11. The van der Waals surface area contributed by atoms with Gasteiger partial charge in [-0.05, 0) is 19.8 Å². The van der Waals surface area contributed by atoms with E-state index in [4.69, 9.17) is 5.73 Å². The number of carbonyl (C=O) groups excluding carboxylic acids is 1. The van der Waals surface area contributed by atoms with Gasteiger partial charge in [0.1, 0.15) is 0 Å². The van der Waals surface area contributed by atoms with Crippen molar-refractivity contribution in [2.45, 2.75) is 33.1 Å². The van der Waals surface area contributed by atoms with Gasteiger partial charge < -0.3 is 10.6 Å². The van der Waals surface area contributed by atoms with Crippen molar-refractivity contribution in [3.8, 4) is 0 Å². The lowest BCUT2D eigenvalue weighted by Crippen LogP contribution is -2.20. The molecule has 0 saturated heterocycles. The molecule has 0 saturated carbocycles. The number of carbonyl (C=O) groups is 1. The van der Waals surface area contributed by atoms with Gasteiger partial charge in [-0.3, -0.25) is 4.79 Å². The summed E-state index contributed by atoms with van der Waals surface area (Å²) in [7, 11) is 3.88. The van der Waals surface area contributed by atoms with Gasteiger partial charge >= 0.3 is 0 Å². The lowest BCUT2D eigenvalue weighted by Gasteiger charge is -2.19. The fourth-order valence-corrected chi connectivity index (χ4v) is 1.23. The first-order chi connectivity index (χ1) is 6.00. The van der Waals surface area contributed by atoms with Crippen LogP contribution in [-0.2, 0) is 4.79 Å². The molecule has 2 N–H and O–H groups in total. The maximum Gasteiger partial charge on any atom is 0.246 e. The molecule has 1 amide bonds. The van der Waals surface area contributed by atoms with Crippen molar-refractivity contribution in [1.29, 1.82) is 0 Å². The molecule has 0 spiro atoms. The van der Waals surface area contributed by atoms with Crippen molar-refractivity contribution in [1.82, 2.24) is 4.90 Å². The van der Waals surface area contributed by atoms with Gasteiger partial charge in [-0.25, -0.2) is 0 Å². The predicted molar refractivity (Wildman–Crippen MR) is 55.1 cm³/mol. The smallest absolute Gasteiger partial charge is 0.246 e. The Labute approximate surface area is 80.6 Å². The molecular formula is C10H20N2O. The van der Waals surface area contributed by atoms with E-state index in [2.05, 4.69) is 6.92 Å². The van der Waals surface area contributed by atoms with E-state index in [1.807, 2.05) is 19.0 Å². The molecule has 0 rings (SSSR count). The largest absolute Gasteiger partial charge is 0.381 e. The third-order valence-corrected chi connectivity index (χ3v) is 2.11. The molecule has 0 bridgehead atoms. The van der Waals surface area contributed by atoms with Crippen molar-refractivity contribution in [2.24, 2.45) is 5.73 Å². The van der Waals surface area contributed by atoms with Gasteiger partial charge in [0.25, 0.3) is 0 Å². The van der Waals surface area contributed by atoms with Crippen molar-refractivity contribution >= 4 is 5.91 Å². The Morgan fingerprint density at radius 1 is 1.38 bits per heavy atom. The van der Waals surface area contributed by atoms with Crippen LogP contribution in [0.3, 0.4) is 0 Å². The highest BCUT2D eigenvalue weighted by molar-refractivity contribution is 5.91. The lowest BCUT2D eigenvalue weighted by atomic mass is 10.1. The maximum absolute atomic E-state index is 10.9. The Balaban J connectivity index is 4.57. The van der Waals surface area contributed by atoms with Crippen LogP contribution in [0.4, 0.5) is 0 Å². The first kappa shape index (κ1) is 12.0. The number of primary amides is 1. The lowest BCUT2D eigenvalue weighted by molar-refractivity contribution is -0.114. The minimum atomic E-state index is -0.320. The summed E-state index contributed by atoms with van der Waals surface area (Å²) in [5, 5.41) is 0. The second-order valence-corrected chi connectivity index (χ2v) is 3.43. The Hall–Kier alpha value is -0.990. The highest BCUT2D eigenvalue weighted by Crippen LogP contribution is 2.14. The molecule has 0 unspecified atom stereocenters. The highest BCUT2D eigenvalue weighted by atomic mass is 16.1. The van der Waals surface area contributed by atoms with Crippen LogP contribution in [0.1, 0.15) is 33.1 Å². The fraction of sp³-hybridized carbons (Fsp3) is 0.700. The van der Waals surface area contributed by atoms with Gasteiger partial charge in [0.2, 0.25) is 5.91 Å². The second-order valence-electron chi connectivity index (χ2n) is 3.43. The molecule has 0 fully saturated rings. The summed E-state index contributed by atoms with van der Waals surface area (Å²) in [6.45, 7) is 3.92. The van der Waals surface area contributed by atoms with Crippen LogP contribution in [0.25, 0.3) is 0 Å². The van der Waals surface area contributed by atoms with E-state index in [0.717, 1.165) is 25.0 Å². The molecular weight excluding hydrogens is 164 g/mol. The molecule has 3 heteroatoms. The molecule has 0 aliphatic rings. The zero-order valence-electron chi connectivity index (χ0n) is 9.05. The molecule has 76 valence electrons. The van der Waals surface area contributed by atoms with Crippen LogP contribution < -0.4 is 5.73 Å². The monoisotopic (exact) mass is 184 g/mol. The molecule has 13 heavy (non-hydrogen) atoms. The van der Waals surface area contributed by atoms with Crippen molar-refractivity contribution < 1.29 is 4.79 Å². The van der Waals surface area contributed by atoms with Gasteiger partial charge in [0.05, 0.1) is 0 Å². The molecule has 3 nitrogen and oxygen atoms in total. The Kier molecular flexibility index (Phi) is 5.19. The number of unbranched alkanes of at least 4 members (excludes halogenated alkanes) is 1. The summed E-state index contributed by atoms with van der Waals surface area (Å²) in [4.78, 5) is 12.9. The summed E-state index contributed by atoms with van der Waals surface area (Å²) in [5.41, 5.74) is 6.95. The van der Waals surface area contributed by atoms with Crippen molar-refractivity contribution in [3.63, 3.8) is 0 Å². The number of nitrogens with two attached hydrogens (primary N) is 1. The molecule has 0 aromatic heterocycles. The molecule has 0 heterocycles. The maximum atomic E-state index is 10.9. The molecule has 0 aliphatic carbocycles. The van der Waals surface area contributed by atoms with Crippen molar-refractivity contribution in [2.75, 3.05) is 14.1 Å². The zero-order chi connectivity index (χ0) is 10.4. The number of hydrogen-bond donors (Lipinski definition) is 1. The van der Waals surface area contributed by atoms with Crippen LogP contribution in [-0.4, -0.2) is 24.9 Å². The first-order valence-corrected chi connectivity index (χ1v) is 4.67. The van der Waals surface area contributed by atoms with Gasteiger partial charge in [0, 0.05) is 25.4 Å². The van der Waals surface area contributed by atoms with E-state index in [1.165, 1.54) is 0 Å². The van der Waals surface area contributed by atoms with E-state index in [1.54, 1.807) is 6.92 Å². The number of amides is 1. The van der Waals surface area contributed by atoms with Crippen LogP contribution >= 0.6 is 0 Å². The number of nitrogens with zero attached hydrogens (tertiary/aromatic N) is 1. The van der Waals surface area contributed by atoms with Gasteiger partial charge in [-0.1, -0.05) is 13.3 Å². The van der Waals surface area contributed by atoms with E-state index < -0.39 is 0 Å². The summed E-state index contributed by atoms with van der Waals surface area (Å²) < 4.78 is 0. The average molecular weight is 184 g/mol. The molecule has 0 aromatic rings. The molecule has 0 atom stereocenters. The van der Waals surface area contributed by atoms with Gasteiger partial charge in [0.15, 0.2) is 0 Å². The number of allylic oxidation sites excluding steroid dienone is 1. The highest BCUT2D eigenvalue weighted by Gasteiger charge is 2.08. The van der Waals surface area contributed by atoms with E-state index in [9.17, 15) is 4.79 Å². The van der Waals surface area contributed by atoms with E-state index in [0.29, 0.717) is 5.57 Å². The minimum Gasteiger partial charge on any atom is -0.381 e. The Morgan fingerprint density at radius 2 is 1.92 bits per heavy atom. The van der Waals surface area contributed by atoms with Crippen LogP contribution in [0.5, 0.6) is 0 Å². The Bertz CT molecular complexity index is 207. The zero-order valence-corrected chi connectivity index (χ0v) is 9.05. The normalized spacial score (nSPS) is 12.3. The SMILES string of the molecule is CCCCC(=C(C)C(N)=O)N(C)C. The van der Waals surface area contributed by atoms with Crippen molar-refractivity contribution in [3.05, 3.63) is 11.3 Å². The number of rotatable bonds is 5. The molecule has 0 radical (unpaired) electrons. The Morgan fingerprint density at radius 3 is 2.23 bits per heavy atom. The quantitative estimate of drug-likeness (QED) is 0.658. The molecule has 0 aliphatic heterocycles. The third kappa shape index (κ3) is 3.97. The summed E-state index contributed by atoms with van der Waals surface area (Å²) in [6.07, 6.45) is 3.15. The summed E-state index contributed by atoms with van der Waals surface area (Å²) in [6, 6.07) is 0. The molecule has 0 aromatic carbocycles. The van der Waals surface area contributed by atoms with Gasteiger partial charge in [-0.2, -0.15) is 0 Å². The number of hydrogen-bond acceptors (Lipinski definition) is 2. The minimum absolute atomic E-state index is 0.320. The summed E-state index contributed by atoms with van der Waals surface area (Å²) in [5.74, 6) is -0.320. The van der Waals surface area contributed by atoms with Crippen LogP contribution in [0.15, 0.2) is 11.3 Å². The van der Waals surface area contributed by atoms with Crippen LogP contribution in [0, 0.1) is 0 Å². The van der Waals surface area contributed by atoms with E-state index in [-0.39, 0.29) is 5.91 Å².